The van der Waals surface area contributed by atoms with Crippen LogP contribution in [0, 0.1) is 6.92 Å². The van der Waals surface area contributed by atoms with Gasteiger partial charge >= 0.3 is 0 Å². The van der Waals surface area contributed by atoms with Gasteiger partial charge in [0.15, 0.2) is 0 Å². The average molecular weight is 377 g/mol. The third-order valence-corrected chi connectivity index (χ3v) is 4.40. The van der Waals surface area contributed by atoms with Gasteiger partial charge in [-0.3, -0.25) is 9.48 Å². The number of nitrogens with zero attached hydrogens (tertiary/aromatic N) is 2. The maximum atomic E-state index is 11.9. The number of amides is 1. The Balaban J connectivity index is 1.77. The Hall–Kier alpha value is -2.92. The molecule has 0 unspecified atom stereocenters. The second-order valence-electron chi connectivity index (χ2n) is 7.38. The Morgan fingerprint density at radius 2 is 1.79 bits per heavy atom. The summed E-state index contributed by atoms with van der Waals surface area (Å²) in [5.74, 6) is 0.00330. The first-order chi connectivity index (χ1) is 13.5. The third kappa shape index (κ3) is 5.54. The molecule has 5 heteroatoms. The van der Waals surface area contributed by atoms with Crippen molar-refractivity contribution in [1.82, 2.24) is 20.4 Å². The van der Waals surface area contributed by atoms with E-state index in [2.05, 4.69) is 60.2 Å². The van der Waals surface area contributed by atoms with Crippen LogP contribution in [0.15, 0.2) is 60.8 Å². The lowest BCUT2D eigenvalue weighted by atomic mass is 10.1. The topological polar surface area (TPSA) is 59.0 Å². The Morgan fingerprint density at radius 1 is 1.07 bits per heavy atom. The molecule has 146 valence electrons. The number of benzene rings is 2. The molecule has 1 heterocycles. The second kappa shape index (κ2) is 9.33. The van der Waals surface area contributed by atoms with Crippen molar-refractivity contribution in [2.75, 3.05) is 6.54 Å². The van der Waals surface area contributed by atoms with Crippen molar-refractivity contribution in [1.29, 1.82) is 0 Å². The van der Waals surface area contributed by atoms with Gasteiger partial charge in [-0.05, 0) is 26.3 Å². The van der Waals surface area contributed by atoms with Gasteiger partial charge in [-0.2, -0.15) is 5.10 Å². The SMILES string of the molecule is Cc1ccc(-c2nn(Cc3ccccc3)cc2CNCC(=O)NC(C)C)cc1. The molecule has 0 aliphatic carbocycles. The monoisotopic (exact) mass is 376 g/mol. The van der Waals surface area contributed by atoms with Gasteiger partial charge in [-0.15, -0.1) is 0 Å². The van der Waals surface area contributed by atoms with Crippen molar-refractivity contribution in [3.05, 3.63) is 77.5 Å². The molecule has 0 saturated carbocycles. The summed E-state index contributed by atoms with van der Waals surface area (Å²) in [6.45, 7) is 7.59. The highest BCUT2D eigenvalue weighted by Gasteiger charge is 2.12. The zero-order valence-electron chi connectivity index (χ0n) is 16.8. The number of hydrogen-bond donors (Lipinski definition) is 2. The number of aryl methyl sites for hydroxylation is 1. The summed E-state index contributed by atoms with van der Waals surface area (Å²) in [7, 11) is 0. The van der Waals surface area contributed by atoms with E-state index in [1.54, 1.807) is 0 Å². The highest BCUT2D eigenvalue weighted by molar-refractivity contribution is 5.78. The number of carbonyl (C=O) groups excluding carboxylic acids is 1. The highest BCUT2D eigenvalue weighted by atomic mass is 16.1. The molecule has 0 fully saturated rings. The van der Waals surface area contributed by atoms with E-state index in [0.717, 1.165) is 16.8 Å². The summed E-state index contributed by atoms with van der Waals surface area (Å²) in [6.07, 6.45) is 2.07. The number of nitrogens with one attached hydrogen (secondary N) is 2. The molecule has 5 nitrogen and oxygen atoms in total. The van der Waals surface area contributed by atoms with Gasteiger partial charge in [-0.1, -0.05) is 60.2 Å². The predicted molar refractivity (Wildman–Crippen MR) is 113 cm³/mol. The summed E-state index contributed by atoms with van der Waals surface area (Å²) in [5, 5.41) is 11.0. The third-order valence-electron chi connectivity index (χ3n) is 4.40. The van der Waals surface area contributed by atoms with E-state index in [0.29, 0.717) is 13.1 Å². The maximum absolute atomic E-state index is 11.9. The van der Waals surface area contributed by atoms with Crippen LogP contribution in [0.5, 0.6) is 0 Å². The van der Waals surface area contributed by atoms with Crippen molar-refractivity contribution in [3.63, 3.8) is 0 Å². The van der Waals surface area contributed by atoms with Crippen molar-refractivity contribution in [2.24, 2.45) is 0 Å². The summed E-state index contributed by atoms with van der Waals surface area (Å²) in [5.41, 5.74) is 5.54. The minimum Gasteiger partial charge on any atom is -0.353 e. The van der Waals surface area contributed by atoms with Crippen LogP contribution in [0.4, 0.5) is 0 Å². The van der Waals surface area contributed by atoms with Crippen molar-refractivity contribution in [2.45, 2.75) is 39.9 Å². The molecular formula is C23H28N4O. The van der Waals surface area contributed by atoms with E-state index in [1.807, 2.05) is 36.7 Å². The first-order valence-corrected chi connectivity index (χ1v) is 9.68. The van der Waals surface area contributed by atoms with Gasteiger partial charge in [-0.25, -0.2) is 0 Å². The van der Waals surface area contributed by atoms with Gasteiger partial charge < -0.3 is 10.6 Å². The molecule has 0 aliphatic heterocycles. The number of hydrogen-bond acceptors (Lipinski definition) is 3. The normalized spacial score (nSPS) is 11.0. The van der Waals surface area contributed by atoms with E-state index in [9.17, 15) is 4.79 Å². The van der Waals surface area contributed by atoms with Gasteiger partial charge in [0.1, 0.15) is 0 Å². The Morgan fingerprint density at radius 3 is 2.46 bits per heavy atom. The molecule has 0 bridgehead atoms. The molecule has 2 aromatic carbocycles. The molecule has 1 amide bonds. The highest BCUT2D eigenvalue weighted by Crippen LogP contribution is 2.23. The lowest BCUT2D eigenvalue weighted by Crippen LogP contribution is -2.37. The fourth-order valence-electron chi connectivity index (χ4n) is 3.08. The molecule has 3 rings (SSSR count). The van der Waals surface area contributed by atoms with Crippen LogP contribution < -0.4 is 10.6 Å². The zero-order chi connectivity index (χ0) is 19.9. The van der Waals surface area contributed by atoms with E-state index in [1.165, 1.54) is 11.1 Å². The smallest absolute Gasteiger partial charge is 0.234 e. The number of rotatable bonds is 8. The fourth-order valence-corrected chi connectivity index (χ4v) is 3.08. The molecule has 0 radical (unpaired) electrons. The van der Waals surface area contributed by atoms with Crippen LogP contribution in [0.3, 0.4) is 0 Å². The zero-order valence-corrected chi connectivity index (χ0v) is 16.8. The molecular weight excluding hydrogens is 348 g/mol. The van der Waals surface area contributed by atoms with Crippen molar-refractivity contribution in [3.8, 4) is 11.3 Å². The first kappa shape index (κ1) is 19.8. The molecule has 0 saturated heterocycles. The predicted octanol–water partition coefficient (Wildman–Crippen LogP) is 3.52. The molecule has 3 aromatic rings. The quantitative estimate of drug-likeness (QED) is 0.632. The number of aromatic nitrogens is 2. The Kier molecular flexibility index (Phi) is 6.61. The molecule has 0 spiro atoms. The van der Waals surface area contributed by atoms with E-state index < -0.39 is 0 Å². The number of carbonyl (C=O) groups is 1. The summed E-state index contributed by atoms with van der Waals surface area (Å²) < 4.78 is 1.97. The van der Waals surface area contributed by atoms with E-state index in [4.69, 9.17) is 5.10 Å². The molecule has 28 heavy (non-hydrogen) atoms. The van der Waals surface area contributed by atoms with Gasteiger partial charge in [0.2, 0.25) is 5.91 Å². The largest absolute Gasteiger partial charge is 0.353 e. The van der Waals surface area contributed by atoms with Crippen LogP contribution >= 0.6 is 0 Å². The average Bonchev–Trinajstić information content (AvgIpc) is 3.05. The molecule has 0 atom stereocenters. The lowest BCUT2D eigenvalue weighted by molar-refractivity contribution is -0.120. The Bertz CT molecular complexity index is 898. The van der Waals surface area contributed by atoms with Crippen molar-refractivity contribution < 1.29 is 4.79 Å². The van der Waals surface area contributed by atoms with E-state index in [-0.39, 0.29) is 18.5 Å². The van der Waals surface area contributed by atoms with Gasteiger partial charge in [0.05, 0.1) is 18.8 Å². The van der Waals surface area contributed by atoms with Gasteiger partial charge in [0.25, 0.3) is 0 Å². The van der Waals surface area contributed by atoms with Crippen LogP contribution in [-0.4, -0.2) is 28.3 Å². The Labute approximate surface area is 166 Å². The minimum absolute atomic E-state index is 0.00330. The summed E-state index contributed by atoms with van der Waals surface area (Å²) in [6, 6.07) is 18.8. The summed E-state index contributed by atoms with van der Waals surface area (Å²) >= 11 is 0. The van der Waals surface area contributed by atoms with Crippen LogP contribution in [0.2, 0.25) is 0 Å². The lowest BCUT2D eigenvalue weighted by Gasteiger charge is -2.09. The molecule has 2 N–H and O–H groups in total. The molecule has 0 aliphatic rings. The van der Waals surface area contributed by atoms with Crippen LogP contribution in [0.25, 0.3) is 11.3 Å². The second-order valence-corrected chi connectivity index (χ2v) is 7.38. The maximum Gasteiger partial charge on any atom is 0.234 e. The first-order valence-electron chi connectivity index (χ1n) is 9.68. The van der Waals surface area contributed by atoms with E-state index >= 15 is 0 Å². The minimum atomic E-state index is 0.00330. The van der Waals surface area contributed by atoms with Crippen LogP contribution in [-0.2, 0) is 17.9 Å². The van der Waals surface area contributed by atoms with Gasteiger partial charge in [0, 0.05) is 29.9 Å². The molecule has 1 aromatic heterocycles. The fraction of sp³-hybridized carbons (Fsp3) is 0.304. The van der Waals surface area contributed by atoms with Crippen molar-refractivity contribution >= 4 is 5.91 Å². The standard InChI is InChI=1S/C23H28N4O/c1-17(2)25-22(28)14-24-13-21-16-27(15-19-7-5-4-6-8-19)26-23(21)20-11-9-18(3)10-12-20/h4-12,16-17,24H,13-15H2,1-3H3,(H,25,28). The summed E-state index contributed by atoms with van der Waals surface area (Å²) in [4.78, 5) is 11.9. The van der Waals surface area contributed by atoms with Crippen LogP contribution in [0.1, 0.15) is 30.5 Å².